The smallest absolute Gasteiger partial charge is 0.309 e. The molecule has 1 heterocycles. The molecule has 3 aliphatic rings. The maximum Gasteiger partial charge on any atom is 0.309 e. The van der Waals surface area contributed by atoms with Crippen molar-refractivity contribution in [3.05, 3.63) is 29.3 Å². The molecule has 2 unspecified atom stereocenters. The van der Waals surface area contributed by atoms with Crippen molar-refractivity contribution in [3.63, 3.8) is 0 Å². The van der Waals surface area contributed by atoms with Crippen molar-refractivity contribution < 1.29 is 23.0 Å². The van der Waals surface area contributed by atoms with Crippen LogP contribution in [0.5, 0.6) is 5.75 Å². The Morgan fingerprint density at radius 2 is 1.57 bits per heavy atom. The van der Waals surface area contributed by atoms with Gasteiger partial charge in [0, 0.05) is 0 Å². The molecule has 1 saturated heterocycles. The zero-order valence-electron chi connectivity index (χ0n) is 21.7. The van der Waals surface area contributed by atoms with Crippen molar-refractivity contribution in [1.29, 1.82) is 0 Å². The minimum absolute atomic E-state index is 0.00343. The molecular weight excluding hydrogens is 446 g/mol. The zero-order chi connectivity index (χ0) is 24.8. The largest absolute Gasteiger partial charge is 0.491 e. The van der Waals surface area contributed by atoms with Gasteiger partial charge in [-0.2, -0.15) is 4.39 Å². The summed E-state index contributed by atoms with van der Waals surface area (Å²) in [5.41, 5.74) is 0.445. The molecule has 196 valence electrons. The van der Waals surface area contributed by atoms with Gasteiger partial charge in [-0.1, -0.05) is 51.5 Å². The second-order valence-corrected chi connectivity index (χ2v) is 11.3. The first kappa shape index (κ1) is 26.4. The van der Waals surface area contributed by atoms with E-state index in [0.29, 0.717) is 24.0 Å². The lowest BCUT2D eigenvalue weighted by Crippen LogP contribution is -2.40. The van der Waals surface area contributed by atoms with E-state index in [4.69, 9.17) is 9.47 Å². The average Bonchev–Trinajstić information content (AvgIpc) is 2.88. The summed E-state index contributed by atoms with van der Waals surface area (Å²) in [6.07, 6.45) is 15.6. The first-order valence-electron chi connectivity index (χ1n) is 14.3. The molecule has 0 radical (unpaired) electrons. The molecule has 0 bridgehead atoms. The molecule has 3 fully saturated rings. The second-order valence-electron chi connectivity index (χ2n) is 11.3. The van der Waals surface area contributed by atoms with Crippen LogP contribution in [0.3, 0.4) is 0 Å². The molecule has 35 heavy (non-hydrogen) atoms. The molecule has 3 nitrogen and oxygen atoms in total. The third-order valence-electron chi connectivity index (χ3n) is 9.12. The quantitative estimate of drug-likeness (QED) is 0.258. The number of hydrogen-bond acceptors (Lipinski definition) is 3. The van der Waals surface area contributed by atoms with Gasteiger partial charge in [0.25, 0.3) is 0 Å². The highest BCUT2D eigenvalue weighted by atomic mass is 19.2. The van der Waals surface area contributed by atoms with Crippen LogP contribution in [0.4, 0.5) is 8.78 Å². The minimum atomic E-state index is -0.886. The van der Waals surface area contributed by atoms with Crippen molar-refractivity contribution in [2.75, 3.05) is 6.61 Å². The van der Waals surface area contributed by atoms with Crippen LogP contribution in [0.1, 0.15) is 115 Å². The topological polar surface area (TPSA) is 35.5 Å². The van der Waals surface area contributed by atoms with Crippen LogP contribution < -0.4 is 4.74 Å². The highest BCUT2D eigenvalue weighted by molar-refractivity contribution is 5.73. The lowest BCUT2D eigenvalue weighted by Gasteiger charge is -2.40. The Balaban J connectivity index is 1.24. The van der Waals surface area contributed by atoms with E-state index in [0.717, 1.165) is 44.4 Å². The number of carbonyl (C=O) groups is 1. The Morgan fingerprint density at radius 1 is 0.857 bits per heavy atom. The van der Waals surface area contributed by atoms with Gasteiger partial charge in [-0.3, -0.25) is 4.79 Å². The molecule has 4 rings (SSSR count). The normalized spacial score (nSPS) is 31.7. The van der Waals surface area contributed by atoms with Gasteiger partial charge >= 0.3 is 5.97 Å². The summed E-state index contributed by atoms with van der Waals surface area (Å²) in [5, 5.41) is 0. The number of esters is 1. The van der Waals surface area contributed by atoms with Crippen LogP contribution in [0.15, 0.2) is 12.1 Å². The number of carbonyl (C=O) groups excluding carboxylic acids is 1. The molecule has 1 aromatic rings. The van der Waals surface area contributed by atoms with E-state index < -0.39 is 11.6 Å². The highest BCUT2D eigenvalue weighted by Gasteiger charge is 2.41. The predicted octanol–water partition coefficient (Wildman–Crippen LogP) is 8.35. The van der Waals surface area contributed by atoms with Gasteiger partial charge in [0.2, 0.25) is 5.82 Å². The van der Waals surface area contributed by atoms with Crippen molar-refractivity contribution in [2.45, 2.75) is 116 Å². The third-order valence-corrected chi connectivity index (χ3v) is 9.12. The molecule has 1 aromatic carbocycles. The first-order valence-corrected chi connectivity index (χ1v) is 14.3. The Bertz CT molecular complexity index is 825. The van der Waals surface area contributed by atoms with Gasteiger partial charge in [0.05, 0.1) is 12.5 Å². The first-order chi connectivity index (χ1) is 17.0. The van der Waals surface area contributed by atoms with Crippen LogP contribution in [0.2, 0.25) is 0 Å². The fourth-order valence-corrected chi connectivity index (χ4v) is 7.01. The lowest BCUT2D eigenvalue weighted by molar-refractivity contribution is -0.168. The standard InChI is InChI=1S/C30H44F2O3/c1-3-5-6-7-20-8-10-23(11-9-20)26-18-17-25(30(33)35-26)22-14-12-21(13-15-22)24-16-19-27(34-4-2)29(32)28(24)31/h16,19-23,25-26H,3-15,17-18H2,1-2H3. The van der Waals surface area contributed by atoms with E-state index in [-0.39, 0.29) is 29.7 Å². The van der Waals surface area contributed by atoms with Crippen LogP contribution in [-0.4, -0.2) is 18.7 Å². The monoisotopic (exact) mass is 490 g/mol. The van der Waals surface area contributed by atoms with E-state index in [1.54, 1.807) is 19.1 Å². The fraction of sp³-hybridized carbons (Fsp3) is 0.767. The number of rotatable bonds is 9. The number of cyclic esters (lactones) is 1. The average molecular weight is 491 g/mol. The van der Waals surface area contributed by atoms with Gasteiger partial charge in [-0.15, -0.1) is 0 Å². The van der Waals surface area contributed by atoms with E-state index in [1.165, 1.54) is 51.4 Å². The molecule has 0 amide bonds. The summed E-state index contributed by atoms with van der Waals surface area (Å²) < 4.78 is 40.2. The number of unbranched alkanes of at least 4 members (excludes halogenated alkanes) is 2. The molecule has 2 aliphatic carbocycles. The molecule has 1 aliphatic heterocycles. The summed E-state index contributed by atoms with van der Waals surface area (Å²) in [7, 11) is 0. The van der Waals surface area contributed by atoms with Gasteiger partial charge in [0.15, 0.2) is 11.6 Å². The molecule has 2 atom stereocenters. The lowest BCUT2D eigenvalue weighted by atomic mass is 9.70. The van der Waals surface area contributed by atoms with Crippen LogP contribution in [-0.2, 0) is 9.53 Å². The van der Waals surface area contributed by atoms with E-state index in [9.17, 15) is 13.6 Å². The van der Waals surface area contributed by atoms with E-state index in [1.807, 2.05) is 0 Å². The number of benzene rings is 1. The summed E-state index contributed by atoms with van der Waals surface area (Å²) in [5.74, 6) is -0.0209. The van der Waals surface area contributed by atoms with Crippen LogP contribution in [0, 0.1) is 35.3 Å². The maximum absolute atomic E-state index is 14.7. The number of halogens is 2. The Kier molecular flexibility index (Phi) is 9.46. The van der Waals surface area contributed by atoms with E-state index >= 15 is 0 Å². The van der Waals surface area contributed by atoms with Gasteiger partial charge in [-0.05, 0) is 93.6 Å². The van der Waals surface area contributed by atoms with Crippen LogP contribution in [0.25, 0.3) is 0 Å². The van der Waals surface area contributed by atoms with Gasteiger partial charge in [-0.25, -0.2) is 4.39 Å². The van der Waals surface area contributed by atoms with Gasteiger partial charge < -0.3 is 9.47 Å². The molecule has 0 aromatic heterocycles. The zero-order valence-corrected chi connectivity index (χ0v) is 21.7. The predicted molar refractivity (Wildman–Crippen MR) is 134 cm³/mol. The summed E-state index contributed by atoms with van der Waals surface area (Å²) >= 11 is 0. The number of ether oxygens (including phenoxy) is 2. The minimum Gasteiger partial charge on any atom is -0.491 e. The molecule has 5 heteroatoms. The molecule has 0 N–H and O–H groups in total. The van der Waals surface area contributed by atoms with Crippen molar-refractivity contribution in [3.8, 4) is 5.75 Å². The Morgan fingerprint density at radius 3 is 2.23 bits per heavy atom. The van der Waals surface area contributed by atoms with Crippen molar-refractivity contribution in [2.24, 2.45) is 23.7 Å². The summed E-state index contributed by atoms with van der Waals surface area (Å²) in [6.45, 7) is 4.32. The maximum atomic E-state index is 14.7. The Labute approximate surface area is 210 Å². The van der Waals surface area contributed by atoms with E-state index in [2.05, 4.69) is 6.92 Å². The third kappa shape index (κ3) is 6.38. The fourth-order valence-electron chi connectivity index (χ4n) is 7.01. The van der Waals surface area contributed by atoms with Crippen LogP contribution >= 0.6 is 0 Å². The number of hydrogen-bond donors (Lipinski definition) is 0. The molecule has 0 spiro atoms. The van der Waals surface area contributed by atoms with Crippen molar-refractivity contribution in [1.82, 2.24) is 0 Å². The SMILES string of the molecule is CCCCCC1CCC(C2CCC(C3CCC(c4ccc(OCC)c(F)c4F)CC3)C(=O)O2)CC1. The van der Waals surface area contributed by atoms with Crippen molar-refractivity contribution >= 4 is 5.97 Å². The second kappa shape index (κ2) is 12.5. The molecular formula is C30H44F2O3. The molecule has 2 saturated carbocycles. The highest BCUT2D eigenvalue weighted by Crippen LogP contribution is 2.45. The summed E-state index contributed by atoms with van der Waals surface area (Å²) in [4.78, 5) is 13.0. The van der Waals surface area contributed by atoms with Gasteiger partial charge in [0.1, 0.15) is 6.10 Å². The Hall–Kier alpha value is -1.65. The summed E-state index contributed by atoms with van der Waals surface area (Å²) in [6, 6.07) is 3.22.